The molecule has 0 bridgehead atoms. The van der Waals surface area contributed by atoms with Crippen molar-refractivity contribution in [3.63, 3.8) is 0 Å². The molecular weight excluding hydrogens is 554 g/mol. The number of methoxy groups -OCH3 is 2. The third kappa shape index (κ3) is 7.71. The Balaban J connectivity index is 1.31. The highest BCUT2D eigenvalue weighted by atomic mass is 16.7. The summed E-state index contributed by atoms with van der Waals surface area (Å²) in [4.78, 5) is 25.7. The molecule has 230 valence electrons. The van der Waals surface area contributed by atoms with Gasteiger partial charge in [-0.2, -0.15) is 0 Å². The first kappa shape index (κ1) is 30.5. The average Bonchev–Trinajstić information content (AvgIpc) is 3.44. The van der Waals surface area contributed by atoms with Crippen LogP contribution in [-0.4, -0.2) is 92.3 Å². The van der Waals surface area contributed by atoms with Crippen molar-refractivity contribution in [3.8, 4) is 17.0 Å². The SMILES string of the molecule is COCO[C@H]1CN(c2ccc(O)c(-c3cc(C4CCCN(C(=O)OCc5ccccc5)C4)nc(N)n3)c2)C[C@@H]1OCOC. The number of benzene rings is 2. The first-order valence-electron chi connectivity index (χ1n) is 14.3. The monoisotopic (exact) mass is 593 g/mol. The second-order valence-corrected chi connectivity index (χ2v) is 10.7. The Morgan fingerprint density at radius 3 is 2.40 bits per heavy atom. The lowest BCUT2D eigenvalue weighted by atomic mass is 9.93. The maximum atomic E-state index is 12.9. The van der Waals surface area contributed by atoms with Gasteiger partial charge in [-0.05, 0) is 42.7 Å². The summed E-state index contributed by atoms with van der Waals surface area (Å²) in [7, 11) is 3.16. The molecule has 12 heteroatoms. The van der Waals surface area contributed by atoms with Crippen LogP contribution in [0.5, 0.6) is 5.75 Å². The zero-order chi connectivity index (χ0) is 30.2. The number of nitrogens with two attached hydrogens (primary N) is 1. The summed E-state index contributed by atoms with van der Waals surface area (Å²) in [6.07, 6.45) is 0.847. The van der Waals surface area contributed by atoms with Crippen LogP contribution < -0.4 is 10.6 Å². The number of nitrogens with zero attached hydrogens (tertiary/aromatic N) is 4. The Bertz CT molecular complexity index is 1350. The topological polar surface area (TPSA) is 142 Å². The standard InChI is InChI=1S/C31H39N5O7/c1-39-19-42-28-16-36(17-29(28)43-20-40-2)23-10-11-27(37)24(13-23)26-14-25(33-30(32)34-26)22-9-6-12-35(15-22)31(38)41-18-21-7-4-3-5-8-21/h3-5,7-8,10-11,13-14,22,28-29,37H,6,9,12,15-20H2,1-2H3,(H2,32,33,34)/t22?,28-,29-/m0/s1. The van der Waals surface area contributed by atoms with E-state index in [1.165, 1.54) is 0 Å². The molecule has 3 aromatic rings. The van der Waals surface area contributed by atoms with E-state index in [1.54, 1.807) is 25.2 Å². The van der Waals surface area contributed by atoms with Crippen molar-refractivity contribution < 1.29 is 33.6 Å². The van der Waals surface area contributed by atoms with Crippen LogP contribution >= 0.6 is 0 Å². The van der Waals surface area contributed by atoms with Crippen LogP contribution in [-0.2, 0) is 30.3 Å². The van der Waals surface area contributed by atoms with Crippen LogP contribution in [0.1, 0.15) is 30.0 Å². The van der Waals surface area contributed by atoms with Crippen LogP contribution in [0.2, 0.25) is 0 Å². The lowest BCUT2D eigenvalue weighted by Gasteiger charge is -2.32. The highest BCUT2D eigenvalue weighted by Crippen LogP contribution is 2.36. The van der Waals surface area contributed by atoms with E-state index in [2.05, 4.69) is 14.9 Å². The van der Waals surface area contributed by atoms with Crippen LogP contribution in [0.15, 0.2) is 54.6 Å². The van der Waals surface area contributed by atoms with Crippen LogP contribution in [0.25, 0.3) is 11.3 Å². The Hall–Kier alpha value is -3.97. The molecule has 5 rings (SSSR count). The van der Waals surface area contributed by atoms with E-state index in [4.69, 9.17) is 29.4 Å². The van der Waals surface area contributed by atoms with Crippen molar-refractivity contribution in [3.05, 3.63) is 65.9 Å². The van der Waals surface area contributed by atoms with Gasteiger partial charge in [0.2, 0.25) is 5.95 Å². The number of piperidine rings is 1. The molecule has 1 amide bonds. The minimum Gasteiger partial charge on any atom is -0.507 e. The molecule has 0 saturated carbocycles. The fraction of sp³-hybridized carbons (Fsp3) is 0.452. The van der Waals surface area contributed by atoms with E-state index >= 15 is 0 Å². The number of hydrogen-bond acceptors (Lipinski definition) is 11. The third-order valence-corrected chi connectivity index (χ3v) is 7.70. The normalized spacial score (nSPS) is 20.4. The second-order valence-electron chi connectivity index (χ2n) is 10.7. The molecule has 2 fully saturated rings. The summed E-state index contributed by atoms with van der Waals surface area (Å²) in [5.74, 6) is 0.118. The Kier molecular flexibility index (Phi) is 10.3. The molecule has 2 aromatic carbocycles. The number of carbonyl (C=O) groups excluding carboxylic acids is 1. The van der Waals surface area contributed by atoms with Gasteiger partial charge in [-0.1, -0.05) is 30.3 Å². The van der Waals surface area contributed by atoms with Gasteiger partial charge in [0.15, 0.2) is 0 Å². The van der Waals surface area contributed by atoms with Crippen molar-refractivity contribution in [2.24, 2.45) is 0 Å². The van der Waals surface area contributed by atoms with E-state index < -0.39 is 0 Å². The number of aromatic hydroxyl groups is 1. The van der Waals surface area contributed by atoms with Gasteiger partial charge in [0.1, 0.15) is 38.2 Å². The number of rotatable bonds is 11. The second kappa shape index (κ2) is 14.5. The molecular formula is C31H39N5O7. The molecule has 0 aliphatic carbocycles. The van der Waals surface area contributed by atoms with Crippen LogP contribution in [0, 0.1) is 0 Å². The van der Waals surface area contributed by atoms with Crippen LogP contribution in [0.3, 0.4) is 0 Å². The summed E-state index contributed by atoms with van der Waals surface area (Å²) in [6, 6.07) is 16.8. The average molecular weight is 594 g/mol. The largest absolute Gasteiger partial charge is 0.507 e. The Morgan fingerprint density at radius 1 is 0.977 bits per heavy atom. The van der Waals surface area contributed by atoms with E-state index in [9.17, 15) is 9.90 Å². The highest BCUT2D eigenvalue weighted by molar-refractivity contribution is 5.73. The van der Waals surface area contributed by atoms with Crippen molar-refractivity contribution in [1.29, 1.82) is 0 Å². The number of carbonyl (C=O) groups is 1. The van der Waals surface area contributed by atoms with Gasteiger partial charge in [0.05, 0.1) is 11.4 Å². The van der Waals surface area contributed by atoms with Gasteiger partial charge in [-0.15, -0.1) is 0 Å². The summed E-state index contributed by atoms with van der Waals surface area (Å²) < 4.78 is 27.5. The van der Waals surface area contributed by atoms with Crippen molar-refractivity contribution in [2.75, 3.05) is 64.6 Å². The number of likely N-dealkylation sites (tertiary alicyclic amines) is 1. The molecule has 3 atom stereocenters. The van der Waals surface area contributed by atoms with Crippen LogP contribution in [0.4, 0.5) is 16.4 Å². The first-order valence-corrected chi connectivity index (χ1v) is 14.3. The lowest BCUT2D eigenvalue weighted by Crippen LogP contribution is -2.39. The summed E-state index contributed by atoms with van der Waals surface area (Å²) in [6.45, 7) is 2.72. The number of phenolic OH excluding ortho intramolecular Hbond substituents is 1. The number of ether oxygens (including phenoxy) is 5. The fourth-order valence-electron chi connectivity index (χ4n) is 5.54. The first-order chi connectivity index (χ1) is 20.9. The predicted molar refractivity (Wildman–Crippen MR) is 159 cm³/mol. The Morgan fingerprint density at radius 2 is 1.70 bits per heavy atom. The van der Waals surface area contributed by atoms with E-state index in [0.29, 0.717) is 37.4 Å². The minimum atomic E-state index is -0.354. The molecule has 43 heavy (non-hydrogen) atoms. The zero-order valence-electron chi connectivity index (χ0n) is 24.6. The van der Waals surface area contributed by atoms with E-state index in [-0.39, 0.29) is 56.1 Å². The van der Waals surface area contributed by atoms with Crippen molar-refractivity contribution >= 4 is 17.7 Å². The van der Waals surface area contributed by atoms with Gasteiger partial charge >= 0.3 is 6.09 Å². The van der Waals surface area contributed by atoms with Gasteiger partial charge in [0, 0.05) is 57.6 Å². The van der Waals surface area contributed by atoms with Gasteiger partial charge < -0.3 is 44.3 Å². The number of nitrogen functional groups attached to an aromatic ring is 1. The molecule has 3 heterocycles. The highest BCUT2D eigenvalue weighted by Gasteiger charge is 2.35. The zero-order valence-corrected chi connectivity index (χ0v) is 24.6. The number of anilines is 2. The molecule has 2 aliphatic heterocycles. The number of phenols is 1. The molecule has 3 N–H and O–H groups in total. The smallest absolute Gasteiger partial charge is 0.410 e. The number of hydrogen-bond donors (Lipinski definition) is 2. The van der Waals surface area contributed by atoms with Gasteiger partial charge in [-0.3, -0.25) is 0 Å². The maximum absolute atomic E-state index is 12.9. The van der Waals surface area contributed by atoms with Gasteiger partial charge in [0.25, 0.3) is 0 Å². The summed E-state index contributed by atoms with van der Waals surface area (Å²) >= 11 is 0. The molecule has 12 nitrogen and oxygen atoms in total. The molecule has 2 aliphatic rings. The van der Waals surface area contributed by atoms with E-state index in [0.717, 1.165) is 29.8 Å². The predicted octanol–water partition coefficient (Wildman–Crippen LogP) is 3.75. The maximum Gasteiger partial charge on any atom is 0.410 e. The fourth-order valence-corrected chi connectivity index (χ4v) is 5.54. The van der Waals surface area contributed by atoms with Crippen molar-refractivity contribution in [1.82, 2.24) is 14.9 Å². The molecule has 0 spiro atoms. The minimum absolute atomic E-state index is 0.0524. The van der Waals surface area contributed by atoms with Crippen molar-refractivity contribution in [2.45, 2.75) is 37.6 Å². The number of aromatic nitrogens is 2. The molecule has 1 unspecified atom stereocenters. The quantitative estimate of drug-likeness (QED) is 0.314. The van der Waals surface area contributed by atoms with Gasteiger partial charge in [-0.25, -0.2) is 14.8 Å². The lowest BCUT2D eigenvalue weighted by molar-refractivity contribution is -0.139. The summed E-state index contributed by atoms with van der Waals surface area (Å²) in [5.41, 5.74) is 9.72. The van der Waals surface area contributed by atoms with E-state index in [1.807, 2.05) is 48.5 Å². The Labute approximate surface area is 251 Å². The third-order valence-electron chi connectivity index (χ3n) is 7.70. The summed E-state index contributed by atoms with van der Waals surface area (Å²) in [5, 5.41) is 10.9. The number of amides is 1. The molecule has 0 radical (unpaired) electrons. The molecule has 2 saturated heterocycles. The molecule has 1 aromatic heterocycles.